The lowest BCUT2D eigenvalue weighted by atomic mass is 9.95. The number of carbonyl (C=O) groups excluding carboxylic acids is 1. The predicted octanol–water partition coefficient (Wildman–Crippen LogP) is 5.96. The molecule has 0 amide bonds. The summed E-state index contributed by atoms with van der Waals surface area (Å²) in [4.78, 5) is 13.4. The lowest BCUT2D eigenvalue weighted by Gasteiger charge is -2.08. The maximum Gasteiger partial charge on any atom is 0.160 e. The van der Waals surface area contributed by atoms with Gasteiger partial charge < -0.3 is 0 Å². The molecule has 0 saturated heterocycles. The summed E-state index contributed by atoms with van der Waals surface area (Å²) in [6.45, 7) is 0. The number of rotatable bonds is 4. The van der Waals surface area contributed by atoms with Crippen LogP contribution in [0, 0.1) is 5.82 Å². The molecule has 1 nitrogen and oxygen atoms in total. The maximum atomic E-state index is 13.2. The summed E-state index contributed by atoms with van der Waals surface area (Å²) < 4.78 is 13.2. The molecule has 23 heavy (non-hydrogen) atoms. The number of hydrogen-bond donors (Lipinski definition) is 0. The summed E-state index contributed by atoms with van der Waals surface area (Å²) in [5, 5.41) is 1.97. The Balaban J connectivity index is 2.11. The van der Waals surface area contributed by atoms with Gasteiger partial charge in [-0.25, -0.2) is 4.39 Å². The van der Waals surface area contributed by atoms with E-state index in [1.54, 1.807) is 23.9 Å². The largest absolute Gasteiger partial charge is 0.297 e. The van der Waals surface area contributed by atoms with Crippen molar-refractivity contribution in [2.45, 2.75) is 6.42 Å². The third kappa shape index (κ3) is 3.38. The van der Waals surface area contributed by atoms with Crippen LogP contribution in [-0.2, 0) is 0 Å². The van der Waals surface area contributed by atoms with Crippen LogP contribution < -0.4 is 0 Å². The van der Waals surface area contributed by atoms with Crippen LogP contribution >= 0.6 is 23.1 Å². The van der Waals surface area contributed by atoms with E-state index in [1.165, 1.54) is 28.4 Å². The normalized spacial score (nSPS) is 14.2. The molecule has 1 aliphatic carbocycles. The second-order valence-corrected chi connectivity index (χ2v) is 6.88. The van der Waals surface area contributed by atoms with Crippen LogP contribution in [0.3, 0.4) is 0 Å². The summed E-state index contributed by atoms with van der Waals surface area (Å²) in [5.41, 5.74) is 3.97. The van der Waals surface area contributed by atoms with Crippen LogP contribution in [0.2, 0.25) is 0 Å². The molecule has 1 heterocycles. The first kappa shape index (κ1) is 16.0. The lowest BCUT2D eigenvalue weighted by Crippen LogP contribution is -1.90. The number of benzene rings is 1. The number of thiophene rings is 1. The van der Waals surface area contributed by atoms with Crippen LogP contribution in [0.5, 0.6) is 0 Å². The molecule has 0 fully saturated rings. The molecule has 2 aromatic rings. The Morgan fingerprint density at radius 3 is 2.70 bits per heavy atom. The number of thioether (sulfide) groups is 1. The molecular weight excluding hydrogens is 327 g/mol. The Hall–Kier alpha value is -1.91. The van der Waals surface area contributed by atoms with Gasteiger partial charge in [0.1, 0.15) is 5.82 Å². The standard InChI is InChI=1S/C19H15FOS2/c1-22-16-4-2-3-14(7-10-16)19-17(12-23-18(19)11-21)13-5-8-15(20)9-6-13/h2,4-12H,3H2,1H3. The third-order valence-electron chi connectivity index (χ3n) is 3.71. The van der Waals surface area contributed by atoms with Gasteiger partial charge in [0.2, 0.25) is 0 Å². The number of halogens is 1. The van der Waals surface area contributed by atoms with Crippen LogP contribution in [0.15, 0.2) is 58.9 Å². The summed E-state index contributed by atoms with van der Waals surface area (Å²) in [5.74, 6) is -0.259. The highest BCUT2D eigenvalue weighted by Crippen LogP contribution is 2.38. The third-order valence-corrected chi connectivity index (χ3v) is 5.36. The molecule has 1 aromatic heterocycles. The minimum Gasteiger partial charge on any atom is -0.297 e. The van der Waals surface area contributed by atoms with E-state index < -0.39 is 0 Å². The zero-order valence-corrected chi connectivity index (χ0v) is 14.2. The van der Waals surface area contributed by atoms with E-state index in [2.05, 4.69) is 24.3 Å². The smallest absolute Gasteiger partial charge is 0.160 e. The summed E-state index contributed by atoms with van der Waals surface area (Å²) in [6, 6.07) is 6.41. The van der Waals surface area contributed by atoms with Crippen molar-refractivity contribution in [2.24, 2.45) is 0 Å². The second kappa shape index (κ2) is 7.11. The van der Waals surface area contributed by atoms with Crippen molar-refractivity contribution < 1.29 is 9.18 Å². The molecule has 0 unspecified atom stereocenters. The van der Waals surface area contributed by atoms with Gasteiger partial charge in [-0.05, 0) is 47.4 Å². The van der Waals surface area contributed by atoms with E-state index in [9.17, 15) is 9.18 Å². The zero-order chi connectivity index (χ0) is 16.2. The molecule has 0 bridgehead atoms. The Kier molecular flexibility index (Phi) is 4.94. The Morgan fingerprint density at radius 2 is 2.00 bits per heavy atom. The predicted molar refractivity (Wildman–Crippen MR) is 98.4 cm³/mol. The minimum absolute atomic E-state index is 0.259. The van der Waals surface area contributed by atoms with Crippen LogP contribution in [0.4, 0.5) is 4.39 Å². The van der Waals surface area contributed by atoms with Gasteiger partial charge in [0, 0.05) is 16.0 Å². The summed E-state index contributed by atoms with van der Waals surface area (Å²) in [7, 11) is 0. The van der Waals surface area contributed by atoms with Gasteiger partial charge in [0.15, 0.2) is 6.29 Å². The first-order valence-electron chi connectivity index (χ1n) is 7.17. The summed E-state index contributed by atoms with van der Waals surface area (Å²) in [6.07, 6.45) is 12.1. The van der Waals surface area contributed by atoms with Crippen LogP contribution in [0.25, 0.3) is 16.7 Å². The van der Waals surface area contributed by atoms with Gasteiger partial charge in [-0.3, -0.25) is 4.79 Å². The molecule has 3 rings (SSSR count). The van der Waals surface area contributed by atoms with Gasteiger partial charge >= 0.3 is 0 Å². The fourth-order valence-electron chi connectivity index (χ4n) is 2.56. The molecule has 116 valence electrons. The van der Waals surface area contributed by atoms with Crippen LogP contribution in [-0.4, -0.2) is 12.5 Å². The average molecular weight is 342 g/mol. The second-order valence-electron chi connectivity index (χ2n) is 5.08. The number of allylic oxidation sites excluding steroid dienone is 5. The molecule has 0 saturated carbocycles. The van der Waals surface area contributed by atoms with Gasteiger partial charge in [0.05, 0.1) is 4.88 Å². The molecule has 0 N–H and O–H groups in total. The zero-order valence-electron chi connectivity index (χ0n) is 12.6. The Morgan fingerprint density at radius 1 is 1.22 bits per heavy atom. The molecule has 0 atom stereocenters. The molecule has 0 radical (unpaired) electrons. The Labute approximate surface area is 143 Å². The fourth-order valence-corrected chi connectivity index (χ4v) is 3.91. The highest BCUT2D eigenvalue weighted by Gasteiger charge is 2.16. The van der Waals surface area contributed by atoms with Crippen molar-refractivity contribution in [1.82, 2.24) is 0 Å². The van der Waals surface area contributed by atoms with Crippen molar-refractivity contribution in [3.8, 4) is 11.1 Å². The van der Waals surface area contributed by atoms with E-state index in [0.717, 1.165) is 35.0 Å². The van der Waals surface area contributed by atoms with Gasteiger partial charge in [-0.15, -0.1) is 23.1 Å². The number of aldehydes is 1. The van der Waals surface area contributed by atoms with E-state index in [1.807, 2.05) is 11.6 Å². The topological polar surface area (TPSA) is 17.1 Å². The highest BCUT2D eigenvalue weighted by atomic mass is 32.2. The van der Waals surface area contributed by atoms with E-state index in [4.69, 9.17) is 0 Å². The lowest BCUT2D eigenvalue weighted by molar-refractivity contribution is 0.112. The monoisotopic (exact) mass is 342 g/mol. The van der Waals surface area contributed by atoms with E-state index in [0.29, 0.717) is 4.88 Å². The van der Waals surface area contributed by atoms with Crippen LogP contribution in [0.1, 0.15) is 21.7 Å². The van der Waals surface area contributed by atoms with Crippen molar-refractivity contribution in [1.29, 1.82) is 0 Å². The fraction of sp³-hybridized carbons (Fsp3) is 0.105. The summed E-state index contributed by atoms with van der Waals surface area (Å²) >= 11 is 3.12. The first-order valence-corrected chi connectivity index (χ1v) is 9.27. The molecule has 4 heteroatoms. The maximum absolute atomic E-state index is 13.2. The van der Waals surface area contributed by atoms with Gasteiger partial charge in [0.25, 0.3) is 0 Å². The first-order chi connectivity index (χ1) is 11.2. The molecule has 0 aliphatic heterocycles. The van der Waals surface area contributed by atoms with Gasteiger partial charge in [-0.2, -0.15) is 0 Å². The van der Waals surface area contributed by atoms with Crippen molar-refractivity contribution in [2.75, 3.05) is 6.26 Å². The highest BCUT2D eigenvalue weighted by molar-refractivity contribution is 8.02. The molecule has 1 aromatic carbocycles. The van der Waals surface area contributed by atoms with Crippen molar-refractivity contribution in [3.63, 3.8) is 0 Å². The van der Waals surface area contributed by atoms with E-state index in [-0.39, 0.29) is 5.82 Å². The quantitative estimate of drug-likeness (QED) is 0.638. The Bertz CT molecular complexity index is 810. The van der Waals surface area contributed by atoms with Gasteiger partial charge in [-0.1, -0.05) is 30.4 Å². The van der Waals surface area contributed by atoms with E-state index >= 15 is 0 Å². The molecule has 0 spiro atoms. The van der Waals surface area contributed by atoms with Crippen molar-refractivity contribution in [3.05, 3.63) is 75.1 Å². The molecular formula is C19H15FOS2. The number of carbonyl (C=O) groups is 1. The number of hydrogen-bond acceptors (Lipinski definition) is 3. The molecule has 1 aliphatic rings. The van der Waals surface area contributed by atoms with Crippen molar-refractivity contribution >= 4 is 35.0 Å². The SMILES string of the molecule is CSC1=CC=C(c2c(-c3ccc(F)cc3)csc2C=O)CC=C1. The average Bonchev–Trinajstić information content (AvgIpc) is 2.86. The minimum atomic E-state index is -0.259.